The minimum atomic E-state index is -0.731. The third-order valence-corrected chi connectivity index (χ3v) is 6.97. The van der Waals surface area contributed by atoms with Gasteiger partial charge in [-0.1, -0.05) is 24.3 Å². The molecule has 0 fully saturated rings. The first-order valence-corrected chi connectivity index (χ1v) is 13.7. The average Bonchev–Trinajstić information content (AvgIpc) is 3.69. The maximum Gasteiger partial charge on any atom is 0.312 e. The van der Waals surface area contributed by atoms with Crippen molar-refractivity contribution in [3.05, 3.63) is 119 Å². The van der Waals surface area contributed by atoms with Crippen LogP contribution >= 0.6 is 0 Å². The summed E-state index contributed by atoms with van der Waals surface area (Å²) < 4.78 is 39.3. The summed E-state index contributed by atoms with van der Waals surface area (Å²) in [5.41, 5.74) is 10.2. The Kier molecular flexibility index (Phi) is 7.89. The molecule has 4 aromatic heterocycles. The Labute approximate surface area is 255 Å². The molecule has 0 bridgehead atoms. The normalized spacial score (nSPS) is 11.0. The minimum absolute atomic E-state index is 0.381. The number of rotatable bonds is 9. The van der Waals surface area contributed by atoms with Crippen LogP contribution in [0.4, 0.5) is 13.6 Å². The molecular weight excluding hydrogens is 582 g/mol. The summed E-state index contributed by atoms with van der Waals surface area (Å²) in [6.45, 7) is 3.75. The molecular formula is C32H26F2N8O3. The van der Waals surface area contributed by atoms with Crippen LogP contribution in [0.25, 0.3) is 22.8 Å². The zero-order chi connectivity index (χ0) is 31.5. The predicted octanol–water partition coefficient (Wildman–Crippen LogP) is 6.49. The van der Waals surface area contributed by atoms with Gasteiger partial charge in [-0.2, -0.15) is 10.2 Å². The van der Waals surface area contributed by atoms with E-state index in [1.807, 2.05) is 38.1 Å². The van der Waals surface area contributed by atoms with Crippen molar-refractivity contribution >= 4 is 6.03 Å². The van der Waals surface area contributed by atoms with Gasteiger partial charge in [0.2, 0.25) is 0 Å². The SMILES string of the molecule is Cc1ccc(C(NC(N)=O)c2ccc(C)c(Oc3c[nH]nc3-c3ccc(F)cn3)c2)cc1Oc1c[nH]nc1-c1ccc(F)cn1. The fourth-order valence-electron chi connectivity index (χ4n) is 4.66. The number of H-pyrrole nitrogens is 2. The van der Waals surface area contributed by atoms with Crippen molar-refractivity contribution < 1.29 is 23.0 Å². The number of urea groups is 1. The fraction of sp³-hybridized carbons (Fsp3) is 0.0938. The van der Waals surface area contributed by atoms with Gasteiger partial charge in [-0.15, -0.1) is 0 Å². The van der Waals surface area contributed by atoms with E-state index < -0.39 is 23.7 Å². The summed E-state index contributed by atoms with van der Waals surface area (Å²) in [5.74, 6) is 0.817. The van der Waals surface area contributed by atoms with E-state index in [1.165, 1.54) is 24.3 Å². The highest BCUT2D eigenvalue weighted by Gasteiger charge is 2.21. The number of amides is 2. The molecule has 2 amide bonds. The van der Waals surface area contributed by atoms with E-state index in [-0.39, 0.29) is 0 Å². The summed E-state index contributed by atoms with van der Waals surface area (Å²) >= 11 is 0. The largest absolute Gasteiger partial charge is 0.453 e. The molecule has 226 valence electrons. The summed E-state index contributed by atoms with van der Waals surface area (Å²) in [4.78, 5) is 20.4. The second-order valence-corrected chi connectivity index (χ2v) is 10.1. The third kappa shape index (κ3) is 6.32. The summed E-state index contributed by atoms with van der Waals surface area (Å²) in [6, 6.07) is 15.2. The molecule has 2 aromatic carbocycles. The van der Waals surface area contributed by atoms with Gasteiger partial charge in [0.25, 0.3) is 0 Å². The summed E-state index contributed by atoms with van der Waals surface area (Å²) in [6.07, 6.45) is 5.35. The number of pyridine rings is 2. The lowest BCUT2D eigenvalue weighted by atomic mass is 9.96. The van der Waals surface area contributed by atoms with Crippen LogP contribution in [0.3, 0.4) is 0 Å². The number of aromatic nitrogens is 6. The number of carbonyl (C=O) groups excluding carboxylic acids is 1. The van der Waals surface area contributed by atoms with Crippen molar-refractivity contribution in [2.75, 3.05) is 0 Å². The lowest BCUT2D eigenvalue weighted by Gasteiger charge is -2.21. The second kappa shape index (κ2) is 12.2. The number of hydrogen-bond donors (Lipinski definition) is 4. The zero-order valence-corrected chi connectivity index (χ0v) is 24.0. The molecule has 4 heterocycles. The summed E-state index contributed by atoms with van der Waals surface area (Å²) in [7, 11) is 0. The van der Waals surface area contributed by atoms with Gasteiger partial charge in [0, 0.05) is 0 Å². The molecule has 11 nitrogen and oxygen atoms in total. The van der Waals surface area contributed by atoms with Crippen LogP contribution in [-0.2, 0) is 0 Å². The Balaban J connectivity index is 1.32. The molecule has 0 radical (unpaired) electrons. The number of ether oxygens (including phenoxy) is 2. The highest BCUT2D eigenvalue weighted by atomic mass is 19.1. The Hall–Kier alpha value is -6.11. The van der Waals surface area contributed by atoms with Crippen molar-refractivity contribution in [2.24, 2.45) is 5.73 Å². The molecule has 0 aliphatic carbocycles. The van der Waals surface area contributed by atoms with Crippen LogP contribution in [0.1, 0.15) is 28.3 Å². The van der Waals surface area contributed by atoms with E-state index in [0.29, 0.717) is 56.9 Å². The molecule has 0 unspecified atom stereocenters. The lowest BCUT2D eigenvalue weighted by Crippen LogP contribution is -2.33. The first-order valence-electron chi connectivity index (χ1n) is 13.7. The number of hydrogen-bond acceptors (Lipinski definition) is 7. The van der Waals surface area contributed by atoms with E-state index in [2.05, 4.69) is 35.7 Å². The highest BCUT2D eigenvalue weighted by molar-refractivity contribution is 5.73. The quantitative estimate of drug-likeness (QED) is 0.146. The van der Waals surface area contributed by atoms with Gasteiger partial charge < -0.3 is 20.5 Å². The van der Waals surface area contributed by atoms with E-state index in [4.69, 9.17) is 15.2 Å². The number of nitrogens with one attached hydrogen (secondary N) is 3. The maximum atomic E-state index is 13.4. The highest BCUT2D eigenvalue weighted by Crippen LogP contribution is 2.37. The predicted molar refractivity (Wildman–Crippen MR) is 161 cm³/mol. The number of aromatic amines is 2. The van der Waals surface area contributed by atoms with Crippen LogP contribution in [0, 0.1) is 25.5 Å². The van der Waals surface area contributed by atoms with Gasteiger partial charge in [0.05, 0.1) is 42.2 Å². The Morgan fingerprint density at radius 2 is 1.20 bits per heavy atom. The number of halogens is 2. The van der Waals surface area contributed by atoms with Gasteiger partial charge in [-0.25, -0.2) is 13.6 Å². The number of primary amides is 1. The molecule has 0 saturated heterocycles. The second-order valence-electron chi connectivity index (χ2n) is 10.1. The van der Waals surface area contributed by atoms with Gasteiger partial charge in [-0.05, 0) is 72.5 Å². The van der Waals surface area contributed by atoms with E-state index >= 15 is 0 Å². The van der Waals surface area contributed by atoms with E-state index in [9.17, 15) is 13.6 Å². The number of aryl methyl sites for hydroxylation is 2. The molecule has 0 aliphatic heterocycles. The first kappa shape index (κ1) is 29.0. The molecule has 6 rings (SSSR count). The lowest BCUT2D eigenvalue weighted by molar-refractivity contribution is 0.247. The van der Waals surface area contributed by atoms with Gasteiger partial charge in [0.1, 0.15) is 23.1 Å². The van der Waals surface area contributed by atoms with Crippen LogP contribution < -0.4 is 20.5 Å². The van der Waals surface area contributed by atoms with Crippen molar-refractivity contribution in [1.29, 1.82) is 0 Å². The average molecular weight is 609 g/mol. The molecule has 45 heavy (non-hydrogen) atoms. The fourth-order valence-corrected chi connectivity index (χ4v) is 4.66. The number of nitrogens with two attached hydrogens (primary N) is 1. The smallest absolute Gasteiger partial charge is 0.312 e. The molecule has 13 heteroatoms. The monoisotopic (exact) mass is 608 g/mol. The number of carbonyl (C=O) groups is 1. The van der Waals surface area contributed by atoms with Crippen molar-refractivity contribution in [3.63, 3.8) is 0 Å². The van der Waals surface area contributed by atoms with E-state index in [1.54, 1.807) is 24.5 Å². The van der Waals surface area contributed by atoms with Crippen LogP contribution in [0.2, 0.25) is 0 Å². The van der Waals surface area contributed by atoms with Gasteiger partial charge in [-0.3, -0.25) is 20.2 Å². The molecule has 0 atom stereocenters. The number of benzene rings is 2. The molecule has 0 aliphatic rings. The van der Waals surface area contributed by atoms with Crippen LogP contribution in [-0.4, -0.2) is 36.4 Å². The summed E-state index contributed by atoms with van der Waals surface area (Å²) in [5, 5.41) is 16.8. The van der Waals surface area contributed by atoms with Crippen molar-refractivity contribution in [2.45, 2.75) is 19.9 Å². The van der Waals surface area contributed by atoms with Gasteiger partial charge in [0.15, 0.2) is 22.9 Å². The standard InChI is InChI=1S/C32H26F2N8O3/c1-17-3-5-19(11-25(17)44-27-15-38-41-30(27)23-9-7-21(33)13-36-23)29(40-32(35)43)20-6-4-18(2)26(12-20)45-28-16-39-42-31(28)24-10-8-22(34)14-37-24/h3-16,29H,1-2H3,(H,38,41)(H,39,42)(H3,35,40,43). The molecule has 0 saturated carbocycles. The Bertz CT molecular complexity index is 1840. The topological polar surface area (TPSA) is 157 Å². The zero-order valence-electron chi connectivity index (χ0n) is 24.0. The molecule has 6 aromatic rings. The first-order chi connectivity index (χ1) is 21.7. The Morgan fingerprint density at radius 3 is 1.60 bits per heavy atom. The number of nitrogens with zero attached hydrogens (tertiary/aromatic N) is 4. The van der Waals surface area contributed by atoms with E-state index in [0.717, 1.165) is 23.5 Å². The Morgan fingerprint density at radius 1 is 0.733 bits per heavy atom. The van der Waals surface area contributed by atoms with Crippen molar-refractivity contribution in [3.8, 4) is 45.8 Å². The molecule has 5 N–H and O–H groups in total. The van der Waals surface area contributed by atoms with Gasteiger partial charge >= 0.3 is 6.03 Å². The maximum absolute atomic E-state index is 13.4. The van der Waals surface area contributed by atoms with Crippen LogP contribution in [0.5, 0.6) is 23.0 Å². The minimum Gasteiger partial charge on any atom is -0.453 e. The molecule has 0 spiro atoms. The van der Waals surface area contributed by atoms with Crippen molar-refractivity contribution in [1.82, 2.24) is 35.7 Å². The third-order valence-electron chi connectivity index (χ3n) is 6.97. The van der Waals surface area contributed by atoms with Crippen LogP contribution in [0.15, 0.2) is 85.5 Å².